The molecule has 0 heterocycles. The van der Waals surface area contributed by atoms with E-state index in [1.807, 2.05) is 24.3 Å². The van der Waals surface area contributed by atoms with Gasteiger partial charge in [-0.25, -0.2) is 0 Å². The predicted octanol–water partition coefficient (Wildman–Crippen LogP) is 13.0. The lowest BCUT2D eigenvalue weighted by molar-refractivity contribution is 1.24. The highest BCUT2D eigenvalue weighted by atomic mass is 32.3. The third-order valence-corrected chi connectivity index (χ3v) is 12.2. The highest BCUT2D eigenvalue weighted by molar-refractivity contribution is 8.34. The molecule has 0 unspecified atom stereocenters. The van der Waals surface area contributed by atoms with E-state index in [-0.39, 0.29) is 0 Å². The van der Waals surface area contributed by atoms with Crippen molar-refractivity contribution in [2.45, 2.75) is 36.3 Å². The van der Waals surface area contributed by atoms with E-state index in [2.05, 4.69) is 189 Å². The minimum absolute atomic E-state index is 1.19. The summed E-state index contributed by atoms with van der Waals surface area (Å²) in [5, 5.41) is 0. The maximum Gasteiger partial charge on any atom is 0.0122 e. The van der Waals surface area contributed by atoms with Crippen LogP contribution in [0.1, 0.15) is 12.5 Å². The fraction of sp³-hybridized carbons (Fsp3) is 0.0233. The van der Waals surface area contributed by atoms with Crippen molar-refractivity contribution in [1.82, 2.24) is 0 Å². The van der Waals surface area contributed by atoms with E-state index >= 15 is 0 Å². The molecule has 6 aromatic carbocycles. The minimum Gasteiger partial charge on any atom is -0.133 e. The number of allylic oxidation sites excluding steroid dienone is 5. The molecule has 0 radical (unpaired) electrons. The highest BCUT2D eigenvalue weighted by Crippen LogP contribution is 2.73. The van der Waals surface area contributed by atoms with Gasteiger partial charge in [0.05, 0.1) is 0 Å². The van der Waals surface area contributed by atoms with Crippen LogP contribution in [0.15, 0.2) is 236 Å². The van der Waals surface area contributed by atoms with Gasteiger partial charge in [-0.05, 0) is 90.9 Å². The number of hydrogen-bond donors (Lipinski definition) is 0. The van der Waals surface area contributed by atoms with Crippen LogP contribution in [0.25, 0.3) is 5.57 Å². The predicted molar refractivity (Wildman–Crippen MR) is 196 cm³/mol. The number of hydrogen-bond acceptors (Lipinski definition) is 1. The molecular weight excluding hydrogens is 581 g/mol. The lowest BCUT2D eigenvalue weighted by atomic mass is 10.1. The van der Waals surface area contributed by atoms with Crippen LogP contribution >= 0.6 is 21.8 Å². The van der Waals surface area contributed by atoms with Crippen molar-refractivity contribution in [2.24, 2.45) is 0 Å². The Kier molecular flexibility index (Phi) is 11.5. The summed E-state index contributed by atoms with van der Waals surface area (Å²) in [6.45, 7) is 5.87. The minimum atomic E-state index is -1.63. The molecule has 222 valence electrons. The second-order valence-corrected chi connectivity index (χ2v) is 14.4. The maximum atomic E-state index is 3.80. The average Bonchev–Trinajstić information content (AvgIpc) is 3.12. The first-order valence-electron chi connectivity index (χ1n) is 15.1. The summed E-state index contributed by atoms with van der Waals surface area (Å²) in [4.78, 5) is 7.91. The summed E-state index contributed by atoms with van der Waals surface area (Å²) in [6, 6.07) is 62.7. The Morgan fingerprint density at radius 1 is 0.489 bits per heavy atom. The van der Waals surface area contributed by atoms with E-state index in [0.717, 1.165) is 0 Å². The van der Waals surface area contributed by atoms with Crippen LogP contribution in [0.4, 0.5) is 0 Å². The summed E-state index contributed by atoms with van der Waals surface area (Å²) in [7, 11) is -1.63. The van der Waals surface area contributed by atoms with Crippen molar-refractivity contribution < 1.29 is 0 Å². The Morgan fingerprint density at radius 3 is 1.20 bits per heavy atom. The first-order valence-corrected chi connectivity index (χ1v) is 17.5. The molecule has 0 spiro atoms. The molecule has 45 heavy (non-hydrogen) atoms. The van der Waals surface area contributed by atoms with Gasteiger partial charge < -0.3 is 0 Å². The largest absolute Gasteiger partial charge is 0.133 e. The molecule has 0 saturated heterocycles. The van der Waals surface area contributed by atoms with Crippen LogP contribution in [-0.4, -0.2) is 0 Å². The Balaban J connectivity index is 0.000000256. The van der Waals surface area contributed by atoms with Crippen molar-refractivity contribution in [3.8, 4) is 0 Å². The molecule has 2 heteroatoms. The normalized spacial score (nSPS) is 11.8. The van der Waals surface area contributed by atoms with Crippen molar-refractivity contribution >= 4 is 27.4 Å². The Bertz CT molecular complexity index is 1660. The first kappa shape index (κ1) is 31.7. The fourth-order valence-electron chi connectivity index (χ4n) is 5.19. The van der Waals surface area contributed by atoms with Crippen LogP contribution < -0.4 is 0 Å². The Hall–Kier alpha value is -4.76. The van der Waals surface area contributed by atoms with Gasteiger partial charge in [-0.2, -0.15) is 0 Å². The van der Waals surface area contributed by atoms with E-state index in [9.17, 15) is 0 Å². The lowest BCUT2D eigenvalue weighted by Gasteiger charge is -2.42. The third kappa shape index (κ3) is 7.85. The topological polar surface area (TPSA) is 0 Å². The molecule has 0 amide bonds. The lowest BCUT2D eigenvalue weighted by Crippen LogP contribution is -2.05. The molecule has 0 N–H and O–H groups in total. The van der Waals surface area contributed by atoms with E-state index in [1.165, 1.54) is 40.5 Å². The van der Waals surface area contributed by atoms with Gasteiger partial charge in [0, 0.05) is 29.4 Å². The van der Waals surface area contributed by atoms with E-state index in [0.29, 0.717) is 0 Å². The molecule has 0 aliphatic rings. The molecule has 0 fully saturated rings. The fourth-order valence-corrected chi connectivity index (χ4v) is 9.92. The van der Waals surface area contributed by atoms with Gasteiger partial charge in [-0.3, -0.25) is 0 Å². The first-order chi connectivity index (χ1) is 22.3. The molecule has 6 aromatic rings. The summed E-state index contributed by atoms with van der Waals surface area (Å²) in [5.41, 5.74) is 2.40. The molecule has 0 aromatic heterocycles. The van der Waals surface area contributed by atoms with Gasteiger partial charge in [0.25, 0.3) is 0 Å². The zero-order valence-corrected chi connectivity index (χ0v) is 27.2. The van der Waals surface area contributed by atoms with Gasteiger partial charge in [0.2, 0.25) is 0 Å². The highest BCUT2D eigenvalue weighted by Gasteiger charge is 2.32. The molecule has 0 nitrogen and oxygen atoms in total. The van der Waals surface area contributed by atoms with Crippen molar-refractivity contribution in [1.29, 1.82) is 0 Å². The molecule has 0 saturated carbocycles. The van der Waals surface area contributed by atoms with Crippen LogP contribution in [-0.2, 0) is 0 Å². The van der Waals surface area contributed by atoms with Gasteiger partial charge in [0.15, 0.2) is 0 Å². The van der Waals surface area contributed by atoms with Crippen LogP contribution in [0.5, 0.6) is 0 Å². The third-order valence-electron chi connectivity index (χ3n) is 7.28. The van der Waals surface area contributed by atoms with Gasteiger partial charge in [-0.15, -0.1) is 10.0 Å². The SMILES string of the molecule is C=C/C=C\C(=C/C)c1ccc(S(c2ccccc2)(c2ccccc2)c2ccccc2)cc1.c1ccc(Sc2ccccc2)cc1. The summed E-state index contributed by atoms with van der Waals surface area (Å²) in [6.07, 6.45) is 8.04. The maximum absolute atomic E-state index is 3.80. The quantitative estimate of drug-likeness (QED) is 0.145. The standard InChI is InChI=1S/C31H28S.C12H10S/c1-3-5-15-26(4-2)27-22-24-31(25-23-27)32(28-16-9-6-10-17-28,29-18-11-7-12-19-29)30-20-13-8-14-21-30;1-3-7-11(8-4-1)13-12-9-5-2-6-10-12/h3-25H,1H2,2H3;1-10H/b15-5-,26-4+;. The van der Waals surface area contributed by atoms with Crippen molar-refractivity contribution in [2.75, 3.05) is 0 Å². The summed E-state index contributed by atoms with van der Waals surface area (Å²) < 4.78 is 0. The average molecular weight is 619 g/mol. The van der Waals surface area contributed by atoms with Gasteiger partial charge >= 0.3 is 0 Å². The van der Waals surface area contributed by atoms with E-state index in [1.54, 1.807) is 11.8 Å². The van der Waals surface area contributed by atoms with E-state index < -0.39 is 10.0 Å². The second-order valence-electron chi connectivity index (χ2n) is 10.1. The van der Waals surface area contributed by atoms with Crippen molar-refractivity contribution in [3.05, 3.63) is 212 Å². The van der Waals surface area contributed by atoms with Crippen LogP contribution in [0.2, 0.25) is 0 Å². The van der Waals surface area contributed by atoms with Gasteiger partial charge in [-0.1, -0.05) is 146 Å². The summed E-state index contributed by atoms with van der Waals surface area (Å²) >= 11 is 1.79. The smallest absolute Gasteiger partial charge is 0.0122 e. The monoisotopic (exact) mass is 618 g/mol. The molecule has 0 aliphatic carbocycles. The van der Waals surface area contributed by atoms with Crippen LogP contribution in [0.3, 0.4) is 0 Å². The molecule has 6 rings (SSSR count). The molecule has 0 bridgehead atoms. The van der Waals surface area contributed by atoms with Gasteiger partial charge in [0.1, 0.15) is 0 Å². The Labute approximate surface area is 274 Å². The van der Waals surface area contributed by atoms with Crippen LogP contribution in [0, 0.1) is 0 Å². The molecule has 0 atom stereocenters. The Morgan fingerprint density at radius 2 is 0.844 bits per heavy atom. The zero-order valence-electron chi connectivity index (χ0n) is 25.6. The zero-order chi connectivity index (χ0) is 31.2. The summed E-state index contributed by atoms with van der Waals surface area (Å²) in [5.74, 6) is 0. The molecule has 0 aliphatic heterocycles. The van der Waals surface area contributed by atoms with E-state index in [4.69, 9.17) is 0 Å². The number of benzene rings is 6. The molecular formula is C43H38S2. The second kappa shape index (κ2) is 16.4. The van der Waals surface area contributed by atoms with Crippen molar-refractivity contribution in [3.63, 3.8) is 0 Å². The number of rotatable bonds is 9.